The van der Waals surface area contributed by atoms with E-state index in [2.05, 4.69) is 10.3 Å². The molecule has 1 saturated heterocycles. The average Bonchev–Trinajstić information content (AvgIpc) is 2.93. The van der Waals surface area contributed by atoms with Gasteiger partial charge in [0.1, 0.15) is 5.52 Å². The Kier molecular flexibility index (Phi) is 2.60. The summed E-state index contributed by atoms with van der Waals surface area (Å²) in [7, 11) is 0. The Balaban J connectivity index is 2.16. The molecule has 0 amide bonds. The molecule has 1 N–H and O–H groups in total. The number of benzene rings is 1. The first-order chi connectivity index (χ1) is 8.92. The number of aromatic nitrogens is 1. The van der Waals surface area contributed by atoms with Gasteiger partial charge in [0.25, 0.3) is 0 Å². The van der Waals surface area contributed by atoms with Crippen molar-refractivity contribution in [2.75, 3.05) is 13.1 Å². The van der Waals surface area contributed by atoms with Crippen molar-refractivity contribution in [1.29, 1.82) is 0 Å². The molecular weight excluding hydrogens is 257 g/mol. The lowest BCUT2D eigenvalue weighted by molar-refractivity contribution is -0.190. The molecule has 102 valence electrons. The third-order valence-electron chi connectivity index (χ3n) is 3.65. The summed E-state index contributed by atoms with van der Waals surface area (Å²) >= 11 is 0. The summed E-state index contributed by atoms with van der Waals surface area (Å²) < 4.78 is 45.5. The summed E-state index contributed by atoms with van der Waals surface area (Å²) in [5.41, 5.74) is -0.181. The van der Waals surface area contributed by atoms with E-state index in [9.17, 15) is 13.2 Å². The molecule has 1 fully saturated rings. The maximum atomic E-state index is 13.4. The Hall–Kier alpha value is -1.56. The molecule has 0 aliphatic carbocycles. The van der Waals surface area contributed by atoms with Crippen LogP contribution in [-0.4, -0.2) is 24.2 Å². The molecule has 1 aliphatic heterocycles. The highest BCUT2D eigenvalue weighted by Crippen LogP contribution is 2.45. The van der Waals surface area contributed by atoms with Gasteiger partial charge in [0, 0.05) is 6.54 Å². The van der Waals surface area contributed by atoms with Gasteiger partial charge in [0.15, 0.2) is 11.0 Å². The fourth-order valence-corrected chi connectivity index (χ4v) is 2.48. The topological polar surface area (TPSA) is 38.1 Å². The molecule has 0 spiro atoms. The summed E-state index contributed by atoms with van der Waals surface area (Å²) in [6.07, 6.45) is -4.41. The second kappa shape index (κ2) is 3.96. The first-order valence-electron chi connectivity index (χ1n) is 6.07. The maximum Gasteiger partial charge on any atom is 0.404 e. The predicted molar refractivity (Wildman–Crippen MR) is 64.0 cm³/mol. The maximum absolute atomic E-state index is 13.4. The zero-order valence-electron chi connectivity index (χ0n) is 10.3. The molecule has 1 aliphatic rings. The van der Waals surface area contributed by atoms with E-state index in [1.54, 1.807) is 18.2 Å². The van der Waals surface area contributed by atoms with E-state index >= 15 is 0 Å². The molecule has 1 unspecified atom stereocenters. The summed E-state index contributed by atoms with van der Waals surface area (Å²) in [5, 5.41) is 2.75. The van der Waals surface area contributed by atoms with Crippen LogP contribution in [0.1, 0.15) is 17.9 Å². The number of fused-ring (bicyclic) bond motifs is 1. The molecule has 6 heteroatoms. The molecular formula is C13H13F3N2O. The molecule has 1 aromatic carbocycles. The Morgan fingerprint density at radius 2 is 2.16 bits per heavy atom. The van der Waals surface area contributed by atoms with Crippen molar-refractivity contribution >= 4 is 11.1 Å². The smallest absolute Gasteiger partial charge is 0.404 e. The molecule has 1 aromatic heterocycles. The van der Waals surface area contributed by atoms with Crippen molar-refractivity contribution in [3.05, 3.63) is 29.7 Å². The first-order valence-corrected chi connectivity index (χ1v) is 6.07. The largest absolute Gasteiger partial charge is 0.440 e. The molecule has 19 heavy (non-hydrogen) atoms. The van der Waals surface area contributed by atoms with Crippen LogP contribution in [0.25, 0.3) is 11.1 Å². The summed E-state index contributed by atoms with van der Waals surface area (Å²) in [4.78, 5) is 4.07. The second-order valence-electron chi connectivity index (χ2n) is 5.00. The van der Waals surface area contributed by atoms with Crippen LogP contribution < -0.4 is 5.32 Å². The van der Waals surface area contributed by atoms with E-state index in [4.69, 9.17) is 4.42 Å². The van der Waals surface area contributed by atoms with Gasteiger partial charge < -0.3 is 9.73 Å². The van der Waals surface area contributed by atoms with Gasteiger partial charge in [-0.05, 0) is 37.6 Å². The van der Waals surface area contributed by atoms with E-state index in [0.717, 1.165) is 5.56 Å². The number of hydrogen-bond donors (Lipinski definition) is 1. The number of nitrogens with zero attached hydrogens (tertiary/aromatic N) is 1. The predicted octanol–water partition coefficient (Wildman–Crippen LogP) is 2.93. The highest BCUT2D eigenvalue weighted by Gasteiger charge is 2.60. The average molecular weight is 270 g/mol. The molecule has 2 heterocycles. The van der Waals surface area contributed by atoms with Crippen LogP contribution in [-0.2, 0) is 5.41 Å². The minimum atomic E-state index is -4.37. The second-order valence-corrected chi connectivity index (χ2v) is 5.00. The van der Waals surface area contributed by atoms with Gasteiger partial charge in [-0.2, -0.15) is 13.2 Å². The van der Waals surface area contributed by atoms with Crippen LogP contribution in [0, 0.1) is 6.92 Å². The summed E-state index contributed by atoms with van der Waals surface area (Å²) in [5.74, 6) is -0.231. The highest BCUT2D eigenvalue weighted by atomic mass is 19.4. The molecule has 3 nitrogen and oxygen atoms in total. The Labute approximate surface area is 107 Å². The minimum absolute atomic E-state index is 0.0394. The molecule has 0 saturated carbocycles. The Bertz CT molecular complexity index is 612. The molecule has 3 rings (SSSR count). The van der Waals surface area contributed by atoms with E-state index in [1.807, 2.05) is 6.92 Å². The van der Waals surface area contributed by atoms with Gasteiger partial charge in [-0.25, -0.2) is 4.98 Å². The molecule has 0 bridgehead atoms. The number of aryl methyl sites for hydroxylation is 1. The van der Waals surface area contributed by atoms with E-state index in [-0.39, 0.29) is 18.9 Å². The lowest BCUT2D eigenvalue weighted by Gasteiger charge is -2.27. The summed E-state index contributed by atoms with van der Waals surface area (Å²) in [6.45, 7) is 2.00. The quantitative estimate of drug-likeness (QED) is 0.865. The van der Waals surface area contributed by atoms with Crippen LogP contribution in [0.5, 0.6) is 0 Å². The van der Waals surface area contributed by atoms with Gasteiger partial charge >= 0.3 is 6.18 Å². The van der Waals surface area contributed by atoms with Crippen molar-refractivity contribution in [3.63, 3.8) is 0 Å². The van der Waals surface area contributed by atoms with Crippen LogP contribution in [0.4, 0.5) is 13.2 Å². The minimum Gasteiger partial charge on any atom is -0.440 e. The van der Waals surface area contributed by atoms with Gasteiger partial charge in [0.05, 0.1) is 0 Å². The third kappa shape index (κ3) is 1.82. The Morgan fingerprint density at radius 3 is 2.79 bits per heavy atom. The molecule has 2 aromatic rings. The number of nitrogens with one attached hydrogen (secondary N) is 1. The lowest BCUT2D eigenvalue weighted by Crippen LogP contribution is -2.44. The van der Waals surface area contributed by atoms with Crippen LogP contribution in [0.3, 0.4) is 0 Å². The number of hydrogen-bond acceptors (Lipinski definition) is 3. The highest BCUT2D eigenvalue weighted by molar-refractivity contribution is 5.73. The van der Waals surface area contributed by atoms with Crippen molar-refractivity contribution in [2.24, 2.45) is 0 Å². The number of rotatable bonds is 1. The van der Waals surface area contributed by atoms with Gasteiger partial charge in [-0.3, -0.25) is 0 Å². The summed E-state index contributed by atoms with van der Waals surface area (Å²) in [6, 6.07) is 5.19. The van der Waals surface area contributed by atoms with Crippen molar-refractivity contribution in [3.8, 4) is 0 Å². The van der Waals surface area contributed by atoms with Crippen LogP contribution >= 0.6 is 0 Å². The number of oxazole rings is 1. The first kappa shape index (κ1) is 12.5. The number of alkyl halides is 3. The normalized spacial score (nSPS) is 24.2. The zero-order valence-corrected chi connectivity index (χ0v) is 10.3. The van der Waals surface area contributed by atoms with E-state index in [0.29, 0.717) is 17.6 Å². The van der Waals surface area contributed by atoms with Crippen molar-refractivity contribution in [2.45, 2.75) is 24.9 Å². The fraction of sp³-hybridized carbons (Fsp3) is 0.462. The SMILES string of the molecule is Cc1ccc2oc(C3(C(F)(F)F)CCNC3)nc2c1. The van der Waals surface area contributed by atoms with Gasteiger partial charge in [-0.1, -0.05) is 6.07 Å². The fourth-order valence-electron chi connectivity index (χ4n) is 2.48. The van der Waals surface area contributed by atoms with Crippen LogP contribution in [0.2, 0.25) is 0 Å². The van der Waals surface area contributed by atoms with Gasteiger partial charge in [0.2, 0.25) is 5.89 Å². The van der Waals surface area contributed by atoms with Crippen LogP contribution in [0.15, 0.2) is 22.6 Å². The molecule has 0 radical (unpaired) electrons. The van der Waals surface area contributed by atoms with Crippen molar-refractivity contribution in [1.82, 2.24) is 10.3 Å². The third-order valence-corrected chi connectivity index (χ3v) is 3.65. The zero-order chi connectivity index (χ0) is 13.7. The van der Waals surface area contributed by atoms with Crippen molar-refractivity contribution < 1.29 is 17.6 Å². The molecule has 1 atom stereocenters. The van der Waals surface area contributed by atoms with E-state index < -0.39 is 11.6 Å². The standard InChI is InChI=1S/C13H13F3N2O/c1-8-2-3-10-9(6-8)18-11(19-10)12(13(14,15)16)4-5-17-7-12/h2-3,6,17H,4-5,7H2,1H3. The Morgan fingerprint density at radius 1 is 1.37 bits per heavy atom. The monoisotopic (exact) mass is 270 g/mol. The lowest BCUT2D eigenvalue weighted by atomic mass is 9.86. The van der Waals surface area contributed by atoms with Gasteiger partial charge in [-0.15, -0.1) is 0 Å². The number of halogens is 3. The van der Waals surface area contributed by atoms with E-state index in [1.165, 1.54) is 0 Å².